The first-order chi connectivity index (χ1) is 14.9. The lowest BCUT2D eigenvalue weighted by Gasteiger charge is -2.24. The molecule has 1 saturated heterocycles. The fraction of sp³-hybridized carbons (Fsp3) is 0.304. The van der Waals surface area contributed by atoms with Gasteiger partial charge in [-0.25, -0.2) is 4.79 Å². The summed E-state index contributed by atoms with van der Waals surface area (Å²) in [7, 11) is 0. The first kappa shape index (κ1) is 22.0. The minimum atomic E-state index is -4.42. The lowest BCUT2D eigenvalue weighted by atomic mass is 10.1. The van der Waals surface area contributed by atoms with Gasteiger partial charge in [0.05, 0.1) is 23.4 Å². The van der Waals surface area contributed by atoms with Crippen LogP contribution in [0.5, 0.6) is 0 Å². The third-order valence-corrected chi connectivity index (χ3v) is 4.90. The van der Waals surface area contributed by atoms with Crippen molar-refractivity contribution in [1.82, 2.24) is 10.2 Å². The Hall–Kier alpha value is -3.65. The number of rotatable bonds is 2. The summed E-state index contributed by atoms with van der Waals surface area (Å²) >= 11 is 0. The van der Waals surface area contributed by atoms with Crippen LogP contribution >= 0.6 is 0 Å². The monoisotopic (exact) mass is 426 g/mol. The molecule has 2 aromatic rings. The number of nitrogens with zero attached hydrogens (tertiary/aromatic N) is 3. The Morgan fingerprint density at radius 1 is 1.06 bits per heavy atom. The zero-order valence-electron chi connectivity index (χ0n) is 16.7. The van der Waals surface area contributed by atoms with E-state index in [0.29, 0.717) is 25.2 Å². The molecule has 0 aliphatic carbocycles. The first-order valence-corrected chi connectivity index (χ1v) is 9.81. The lowest BCUT2D eigenvalue weighted by molar-refractivity contribution is -0.137. The molecule has 160 valence electrons. The second-order valence-electron chi connectivity index (χ2n) is 7.00. The van der Waals surface area contributed by atoms with Crippen LogP contribution in [0.1, 0.15) is 23.1 Å². The highest BCUT2D eigenvalue weighted by atomic mass is 19.4. The van der Waals surface area contributed by atoms with Crippen molar-refractivity contribution in [2.75, 3.05) is 37.6 Å². The van der Waals surface area contributed by atoms with Crippen molar-refractivity contribution in [3.8, 4) is 17.9 Å². The van der Waals surface area contributed by atoms with E-state index in [0.717, 1.165) is 30.8 Å². The molecule has 1 fully saturated rings. The van der Waals surface area contributed by atoms with Crippen LogP contribution in [-0.4, -0.2) is 43.7 Å². The number of urea groups is 1. The maximum atomic E-state index is 12.7. The number of carbonyl (C=O) groups excluding carboxylic acids is 1. The number of nitrogens with one attached hydrogen (secondary N) is 1. The van der Waals surface area contributed by atoms with E-state index in [2.05, 4.69) is 28.1 Å². The van der Waals surface area contributed by atoms with Crippen molar-refractivity contribution in [3.05, 3.63) is 65.2 Å². The van der Waals surface area contributed by atoms with E-state index >= 15 is 0 Å². The van der Waals surface area contributed by atoms with Gasteiger partial charge in [0.15, 0.2) is 0 Å². The first-order valence-electron chi connectivity index (χ1n) is 9.81. The average Bonchev–Trinajstić information content (AvgIpc) is 3.02. The van der Waals surface area contributed by atoms with Gasteiger partial charge in [-0.1, -0.05) is 30.0 Å². The van der Waals surface area contributed by atoms with Gasteiger partial charge in [-0.15, -0.1) is 0 Å². The van der Waals surface area contributed by atoms with Gasteiger partial charge in [-0.3, -0.25) is 0 Å². The van der Waals surface area contributed by atoms with Crippen LogP contribution < -0.4 is 10.2 Å². The van der Waals surface area contributed by atoms with Crippen LogP contribution in [0.25, 0.3) is 0 Å². The number of nitriles is 1. The Morgan fingerprint density at radius 2 is 1.87 bits per heavy atom. The Labute approximate surface area is 179 Å². The van der Waals surface area contributed by atoms with Gasteiger partial charge in [0.2, 0.25) is 0 Å². The van der Waals surface area contributed by atoms with Gasteiger partial charge in [-0.05, 0) is 36.8 Å². The summed E-state index contributed by atoms with van der Waals surface area (Å²) in [6, 6.07) is 14.1. The molecule has 8 heteroatoms. The summed E-state index contributed by atoms with van der Waals surface area (Å²) in [5.41, 5.74) is 0.950. The summed E-state index contributed by atoms with van der Waals surface area (Å²) < 4.78 is 38.2. The third-order valence-electron chi connectivity index (χ3n) is 4.90. The molecule has 0 unspecified atom stereocenters. The van der Waals surface area contributed by atoms with Crippen LogP contribution in [0.3, 0.4) is 0 Å². The van der Waals surface area contributed by atoms with Gasteiger partial charge in [-0.2, -0.15) is 18.4 Å². The summed E-state index contributed by atoms with van der Waals surface area (Å²) in [4.78, 5) is 16.2. The molecule has 0 aromatic heterocycles. The molecule has 0 atom stereocenters. The number of halogens is 3. The van der Waals surface area contributed by atoms with Crippen molar-refractivity contribution in [3.63, 3.8) is 0 Å². The van der Waals surface area contributed by atoms with Crippen molar-refractivity contribution in [1.29, 1.82) is 5.26 Å². The Bertz CT molecular complexity index is 1030. The molecule has 0 radical (unpaired) electrons. The molecular formula is C23H21F3N4O. The number of anilines is 1. The van der Waals surface area contributed by atoms with E-state index in [1.807, 2.05) is 18.2 Å². The molecule has 31 heavy (non-hydrogen) atoms. The molecule has 2 amide bonds. The zero-order valence-corrected chi connectivity index (χ0v) is 16.7. The van der Waals surface area contributed by atoms with E-state index in [1.165, 1.54) is 12.1 Å². The predicted molar refractivity (Wildman–Crippen MR) is 111 cm³/mol. The fourth-order valence-corrected chi connectivity index (χ4v) is 3.36. The molecule has 1 heterocycles. The highest BCUT2D eigenvalue weighted by molar-refractivity contribution is 5.74. The lowest BCUT2D eigenvalue weighted by Crippen LogP contribution is -2.42. The fourth-order valence-electron chi connectivity index (χ4n) is 3.36. The molecule has 0 saturated carbocycles. The van der Waals surface area contributed by atoms with Gasteiger partial charge < -0.3 is 15.1 Å². The van der Waals surface area contributed by atoms with Crippen LogP contribution in [-0.2, 0) is 6.18 Å². The van der Waals surface area contributed by atoms with Crippen LogP contribution in [0.2, 0.25) is 0 Å². The highest BCUT2D eigenvalue weighted by Crippen LogP contribution is 2.29. The molecule has 3 rings (SSSR count). The molecule has 0 spiro atoms. The van der Waals surface area contributed by atoms with Crippen molar-refractivity contribution >= 4 is 11.7 Å². The minimum Gasteiger partial charge on any atom is -0.369 e. The summed E-state index contributed by atoms with van der Waals surface area (Å²) in [5, 5.41) is 12.0. The molecular weight excluding hydrogens is 405 g/mol. The van der Waals surface area contributed by atoms with Crippen LogP contribution in [0.4, 0.5) is 23.7 Å². The number of amides is 2. The largest absolute Gasteiger partial charge is 0.416 e. The molecule has 2 aromatic carbocycles. The second kappa shape index (κ2) is 9.90. The number of hydrogen-bond donors (Lipinski definition) is 1. The Morgan fingerprint density at radius 3 is 2.65 bits per heavy atom. The standard InChI is InChI=1S/C23H21F3N4O/c24-23(25,26)20-9-3-6-18(16-20)7-4-11-28-22(31)30-13-5-12-29(14-15-30)21-10-2-1-8-19(21)17-27/h1-3,6,8-10,16H,5,11-15H2,(H,28,31). The number of carbonyl (C=O) groups is 1. The van der Waals surface area contributed by atoms with Gasteiger partial charge in [0.1, 0.15) is 6.07 Å². The maximum Gasteiger partial charge on any atom is 0.416 e. The number of benzene rings is 2. The summed E-state index contributed by atoms with van der Waals surface area (Å²) in [5.74, 6) is 5.34. The smallest absolute Gasteiger partial charge is 0.369 e. The topological polar surface area (TPSA) is 59.4 Å². The Kier molecular flexibility index (Phi) is 7.04. The second-order valence-corrected chi connectivity index (χ2v) is 7.00. The average molecular weight is 426 g/mol. The highest BCUT2D eigenvalue weighted by Gasteiger charge is 2.30. The van der Waals surface area contributed by atoms with E-state index in [9.17, 15) is 23.2 Å². The predicted octanol–water partition coefficient (Wildman–Crippen LogP) is 3.85. The molecule has 1 aliphatic rings. The van der Waals surface area contributed by atoms with E-state index in [4.69, 9.17) is 0 Å². The minimum absolute atomic E-state index is 0.0343. The van der Waals surface area contributed by atoms with Crippen LogP contribution in [0, 0.1) is 23.2 Å². The maximum absolute atomic E-state index is 12.7. The zero-order chi connectivity index (χ0) is 22.3. The molecule has 1 N–H and O–H groups in total. The molecule has 5 nitrogen and oxygen atoms in total. The van der Waals surface area contributed by atoms with Crippen molar-refractivity contribution in [2.24, 2.45) is 0 Å². The van der Waals surface area contributed by atoms with E-state index in [-0.39, 0.29) is 18.1 Å². The van der Waals surface area contributed by atoms with Gasteiger partial charge in [0.25, 0.3) is 0 Å². The third kappa shape index (κ3) is 5.93. The molecule has 0 bridgehead atoms. The van der Waals surface area contributed by atoms with Gasteiger partial charge in [0, 0.05) is 31.7 Å². The number of alkyl halides is 3. The number of para-hydroxylation sites is 1. The Balaban J connectivity index is 1.53. The quantitative estimate of drug-likeness (QED) is 0.743. The summed E-state index contributed by atoms with van der Waals surface area (Å²) in [6.07, 6.45) is -3.66. The van der Waals surface area contributed by atoms with Crippen LogP contribution in [0.15, 0.2) is 48.5 Å². The number of hydrogen-bond acceptors (Lipinski definition) is 3. The van der Waals surface area contributed by atoms with Crippen molar-refractivity contribution < 1.29 is 18.0 Å². The van der Waals surface area contributed by atoms with Crippen molar-refractivity contribution in [2.45, 2.75) is 12.6 Å². The SMILES string of the molecule is N#Cc1ccccc1N1CCCN(C(=O)NCC#Cc2cccc(C(F)(F)F)c2)CC1. The van der Waals surface area contributed by atoms with E-state index in [1.54, 1.807) is 11.0 Å². The van der Waals surface area contributed by atoms with Gasteiger partial charge >= 0.3 is 12.2 Å². The molecule has 1 aliphatic heterocycles. The summed E-state index contributed by atoms with van der Waals surface area (Å²) in [6.45, 7) is 2.43. The normalized spacial score (nSPS) is 14.1. The van der Waals surface area contributed by atoms with E-state index < -0.39 is 11.7 Å².